The van der Waals surface area contributed by atoms with E-state index in [0.29, 0.717) is 23.7 Å². The number of methoxy groups -OCH3 is 2. The summed E-state index contributed by atoms with van der Waals surface area (Å²) in [4.78, 5) is 14.6. The van der Waals surface area contributed by atoms with Crippen LogP contribution in [0.3, 0.4) is 0 Å². The van der Waals surface area contributed by atoms with E-state index in [4.69, 9.17) is 9.47 Å². The minimum absolute atomic E-state index is 0.267. The average molecular weight is 479 g/mol. The fourth-order valence-corrected chi connectivity index (χ4v) is 4.52. The zero-order valence-corrected chi connectivity index (χ0v) is 20.4. The molecule has 0 saturated heterocycles. The van der Waals surface area contributed by atoms with Gasteiger partial charge in [0.15, 0.2) is 0 Å². The topological polar surface area (TPSA) is 84.9 Å². The third kappa shape index (κ3) is 7.89. The molecule has 0 heterocycles. The standard InChI is InChI=1S/C23H30N2O5S2/c1-25(17-19-10-11-20(29-2)16-22(19)30-3)23(26)21(12-14-31-4)24-32(27,28)15-13-18-8-6-5-7-9-18/h5-11,13,15-16,21,24H,12,14,17H2,1-4H3/b15-13+. The Kier molecular flexibility index (Phi) is 10.1. The Balaban J connectivity index is 2.15. The Morgan fingerprint density at radius 1 is 1.16 bits per heavy atom. The summed E-state index contributed by atoms with van der Waals surface area (Å²) in [5, 5.41) is 1.09. The number of rotatable bonds is 12. The number of hydrogen-bond donors (Lipinski definition) is 1. The summed E-state index contributed by atoms with van der Waals surface area (Å²) >= 11 is 1.55. The molecule has 2 rings (SSSR count). The molecule has 174 valence electrons. The van der Waals surface area contributed by atoms with Crippen LogP contribution in [-0.4, -0.2) is 58.5 Å². The highest BCUT2D eigenvalue weighted by atomic mass is 32.2. The largest absolute Gasteiger partial charge is 0.497 e. The average Bonchev–Trinajstić information content (AvgIpc) is 2.80. The van der Waals surface area contributed by atoms with Gasteiger partial charge in [0, 0.05) is 30.6 Å². The molecule has 1 N–H and O–H groups in total. The summed E-state index contributed by atoms with van der Waals surface area (Å²) < 4.78 is 38.4. The van der Waals surface area contributed by atoms with Gasteiger partial charge in [0.2, 0.25) is 15.9 Å². The van der Waals surface area contributed by atoms with E-state index in [2.05, 4.69) is 4.72 Å². The molecule has 0 aliphatic carbocycles. The Bertz CT molecular complexity index is 1010. The van der Waals surface area contributed by atoms with E-state index in [1.807, 2.05) is 30.5 Å². The first kappa shape index (κ1) is 25.8. The fourth-order valence-electron chi connectivity index (χ4n) is 3.02. The molecule has 7 nitrogen and oxygen atoms in total. The number of amides is 1. The number of thioether (sulfide) groups is 1. The van der Waals surface area contributed by atoms with Gasteiger partial charge < -0.3 is 14.4 Å². The summed E-state index contributed by atoms with van der Waals surface area (Å²) in [5.74, 6) is 1.57. The number of carbonyl (C=O) groups excluding carboxylic acids is 1. The van der Waals surface area contributed by atoms with Crippen LogP contribution in [-0.2, 0) is 21.4 Å². The first-order chi connectivity index (χ1) is 15.3. The van der Waals surface area contributed by atoms with Crippen LogP contribution in [0.5, 0.6) is 11.5 Å². The minimum atomic E-state index is -3.81. The third-order valence-corrected chi connectivity index (χ3v) is 6.48. The van der Waals surface area contributed by atoms with Crippen molar-refractivity contribution in [2.24, 2.45) is 0 Å². The van der Waals surface area contributed by atoms with Crippen molar-refractivity contribution in [1.29, 1.82) is 0 Å². The van der Waals surface area contributed by atoms with Gasteiger partial charge in [-0.1, -0.05) is 30.3 Å². The smallest absolute Gasteiger partial charge is 0.240 e. The highest BCUT2D eigenvalue weighted by Gasteiger charge is 2.26. The zero-order valence-electron chi connectivity index (χ0n) is 18.8. The van der Waals surface area contributed by atoms with E-state index >= 15 is 0 Å². The lowest BCUT2D eigenvalue weighted by Crippen LogP contribution is -2.46. The van der Waals surface area contributed by atoms with Gasteiger partial charge in [0.25, 0.3) is 0 Å². The number of hydrogen-bond acceptors (Lipinski definition) is 6. The second-order valence-corrected chi connectivity index (χ2v) is 9.67. The Morgan fingerprint density at radius 3 is 2.50 bits per heavy atom. The second kappa shape index (κ2) is 12.5. The van der Waals surface area contributed by atoms with Gasteiger partial charge in [-0.3, -0.25) is 4.79 Å². The number of nitrogens with one attached hydrogen (secondary N) is 1. The molecule has 1 unspecified atom stereocenters. The SMILES string of the molecule is COc1ccc(CN(C)C(=O)C(CCSC)NS(=O)(=O)/C=C/c2ccccc2)c(OC)c1. The maximum atomic E-state index is 13.1. The Hall–Kier alpha value is -2.49. The predicted molar refractivity (Wildman–Crippen MR) is 130 cm³/mol. The highest BCUT2D eigenvalue weighted by molar-refractivity contribution is 7.98. The maximum absolute atomic E-state index is 13.1. The van der Waals surface area contributed by atoms with Crippen molar-refractivity contribution in [3.05, 3.63) is 65.1 Å². The van der Waals surface area contributed by atoms with E-state index < -0.39 is 16.1 Å². The fraction of sp³-hybridized carbons (Fsp3) is 0.348. The molecule has 1 atom stereocenters. The number of sulfonamides is 1. The van der Waals surface area contributed by atoms with E-state index in [1.165, 1.54) is 11.0 Å². The first-order valence-corrected chi connectivity index (χ1v) is 12.9. The van der Waals surface area contributed by atoms with E-state index in [1.54, 1.807) is 57.3 Å². The molecule has 9 heteroatoms. The Morgan fingerprint density at radius 2 is 1.88 bits per heavy atom. The van der Waals surface area contributed by atoms with Crippen molar-refractivity contribution in [2.45, 2.75) is 19.0 Å². The van der Waals surface area contributed by atoms with Crippen LogP contribution in [0.25, 0.3) is 6.08 Å². The number of likely N-dealkylation sites (N-methyl/N-ethyl adjacent to an activating group) is 1. The first-order valence-electron chi connectivity index (χ1n) is 10.00. The maximum Gasteiger partial charge on any atom is 0.240 e. The van der Waals surface area contributed by atoms with Crippen LogP contribution in [0, 0.1) is 0 Å². The van der Waals surface area contributed by atoms with Crippen molar-refractivity contribution >= 4 is 33.8 Å². The van der Waals surface area contributed by atoms with Gasteiger partial charge in [0.1, 0.15) is 17.5 Å². The number of nitrogens with zero attached hydrogens (tertiary/aromatic N) is 1. The van der Waals surface area contributed by atoms with Gasteiger partial charge in [-0.05, 0) is 42.2 Å². The van der Waals surface area contributed by atoms with Crippen LogP contribution in [0.15, 0.2) is 53.9 Å². The monoisotopic (exact) mass is 478 g/mol. The molecule has 2 aromatic carbocycles. The molecule has 32 heavy (non-hydrogen) atoms. The summed E-state index contributed by atoms with van der Waals surface area (Å²) in [6.07, 6.45) is 3.80. The van der Waals surface area contributed by atoms with E-state index in [9.17, 15) is 13.2 Å². The number of ether oxygens (including phenoxy) is 2. The molecule has 0 saturated carbocycles. The van der Waals surface area contributed by atoms with Crippen molar-refractivity contribution in [1.82, 2.24) is 9.62 Å². The number of carbonyl (C=O) groups is 1. The summed E-state index contributed by atoms with van der Waals surface area (Å²) in [6.45, 7) is 0.267. The summed E-state index contributed by atoms with van der Waals surface area (Å²) in [7, 11) is 0.952. The van der Waals surface area contributed by atoms with Gasteiger partial charge in [-0.15, -0.1) is 0 Å². The van der Waals surface area contributed by atoms with E-state index in [-0.39, 0.29) is 12.5 Å². The molecule has 0 bridgehead atoms. The molecule has 0 aliphatic heterocycles. The molecule has 0 spiro atoms. The molecular weight excluding hydrogens is 448 g/mol. The molecule has 2 aromatic rings. The molecule has 0 aliphatic rings. The van der Waals surface area contributed by atoms with Crippen LogP contribution in [0.2, 0.25) is 0 Å². The molecule has 0 radical (unpaired) electrons. The van der Waals surface area contributed by atoms with Crippen molar-refractivity contribution in [2.75, 3.05) is 33.3 Å². The predicted octanol–water partition coefficient (Wildman–Crippen LogP) is 3.37. The molecular formula is C23H30N2O5S2. The van der Waals surface area contributed by atoms with Crippen molar-refractivity contribution in [3.63, 3.8) is 0 Å². The van der Waals surface area contributed by atoms with Gasteiger partial charge >= 0.3 is 0 Å². The minimum Gasteiger partial charge on any atom is -0.497 e. The highest BCUT2D eigenvalue weighted by Crippen LogP contribution is 2.25. The van der Waals surface area contributed by atoms with Crippen molar-refractivity contribution < 1.29 is 22.7 Å². The number of benzene rings is 2. The lowest BCUT2D eigenvalue weighted by atomic mass is 10.1. The molecule has 0 aromatic heterocycles. The summed E-state index contributed by atoms with van der Waals surface area (Å²) in [6, 6.07) is 13.6. The van der Waals surface area contributed by atoms with Gasteiger partial charge in [0.05, 0.1) is 14.2 Å². The van der Waals surface area contributed by atoms with Crippen LogP contribution in [0.4, 0.5) is 0 Å². The normalized spacial score (nSPS) is 12.5. The third-order valence-electron chi connectivity index (χ3n) is 4.73. The van der Waals surface area contributed by atoms with Crippen molar-refractivity contribution in [3.8, 4) is 11.5 Å². The Labute approximate surface area is 194 Å². The summed E-state index contributed by atoms with van der Waals surface area (Å²) in [5.41, 5.74) is 1.55. The van der Waals surface area contributed by atoms with E-state index in [0.717, 1.165) is 16.5 Å². The molecule has 1 amide bonds. The van der Waals surface area contributed by atoms with Crippen LogP contribution in [0.1, 0.15) is 17.5 Å². The quantitative estimate of drug-likeness (QED) is 0.504. The van der Waals surface area contributed by atoms with Gasteiger partial charge in [-0.25, -0.2) is 8.42 Å². The lowest BCUT2D eigenvalue weighted by Gasteiger charge is -2.25. The lowest BCUT2D eigenvalue weighted by molar-refractivity contribution is -0.132. The van der Waals surface area contributed by atoms with Gasteiger partial charge in [-0.2, -0.15) is 16.5 Å². The van der Waals surface area contributed by atoms with Crippen LogP contribution >= 0.6 is 11.8 Å². The second-order valence-electron chi connectivity index (χ2n) is 7.08. The molecule has 0 fully saturated rings. The van der Waals surface area contributed by atoms with Crippen LogP contribution < -0.4 is 14.2 Å². The zero-order chi connectivity index (χ0) is 23.6.